The number of nitrogens with zero attached hydrogens (tertiary/aromatic N) is 1. The lowest BCUT2D eigenvalue weighted by molar-refractivity contribution is -0.123. The minimum absolute atomic E-state index is 0.294. The quantitative estimate of drug-likeness (QED) is 0.511. The standard InChI is InChI=1S/C23H19N3O2S/c27-21(17-11-5-2-6-12-17)26-20(22(28)24-15-16-9-3-1-4-10-16)23-25-18-13-7-8-14-19(18)29-23/h1-14,20H,15H2,(H,24,28)(H,26,27). The van der Waals surface area contributed by atoms with Gasteiger partial charge >= 0.3 is 0 Å². The topological polar surface area (TPSA) is 71.1 Å². The zero-order chi connectivity index (χ0) is 20.1. The molecule has 0 aliphatic carbocycles. The number of fused-ring (bicyclic) bond motifs is 1. The molecule has 6 heteroatoms. The van der Waals surface area contributed by atoms with Crippen LogP contribution in [0.25, 0.3) is 10.2 Å². The average Bonchev–Trinajstić information content (AvgIpc) is 3.21. The Morgan fingerprint density at radius 1 is 0.862 bits per heavy atom. The maximum absolute atomic E-state index is 13.0. The van der Waals surface area contributed by atoms with Gasteiger partial charge in [0.05, 0.1) is 10.2 Å². The number of para-hydroxylation sites is 1. The first kappa shape index (κ1) is 18.8. The van der Waals surface area contributed by atoms with Gasteiger partial charge < -0.3 is 10.6 Å². The van der Waals surface area contributed by atoms with Crippen LogP contribution in [0.3, 0.4) is 0 Å². The Kier molecular flexibility index (Phi) is 5.63. The van der Waals surface area contributed by atoms with Crippen LogP contribution in [0.15, 0.2) is 84.9 Å². The van der Waals surface area contributed by atoms with Crippen LogP contribution in [0.2, 0.25) is 0 Å². The SMILES string of the molecule is O=C(NC(C(=O)NCc1ccccc1)c1nc2ccccc2s1)c1ccccc1. The van der Waals surface area contributed by atoms with Gasteiger partial charge in [0.2, 0.25) is 5.91 Å². The van der Waals surface area contributed by atoms with E-state index in [4.69, 9.17) is 0 Å². The molecule has 4 rings (SSSR count). The van der Waals surface area contributed by atoms with Gasteiger partial charge in [0.1, 0.15) is 5.01 Å². The van der Waals surface area contributed by atoms with E-state index < -0.39 is 6.04 Å². The molecular formula is C23H19N3O2S. The fraction of sp³-hybridized carbons (Fsp3) is 0.0870. The van der Waals surface area contributed by atoms with E-state index in [2.05, 4.69) is 15.6 Å². The summed E-state index contributed by atoms with van der Waals surface area (Å²) in [6.45, 7) is 0.377. The summed E-state index contributed by atoms with van der Waals surface area (Å²) in [7, 11) is 0. The van der Waals surface area contributed by atoms with Crippen LogP contribution in [0.5, 0.6) is 0 Å². The molecule has 0 aliphatic rings. The minimum atomic E-state index is -0.871. The molecular weight excluding hydrogens is 382 g/mol. The Morgan fingerprint density at radius 2 is 1.52 bits per heavy atom. The molecule has 0 spiro atoms. The van der Waals surface area contributed by atoms with E-state index >= 15 is 0 Å². The number of nitrogens with one attached hydrogen (secondary N) is 2. The monoisotopic (exact) mass is 401 g/mol. The number of thiazole rings is 1. The molecule has 144 valence electrons. The molecule has 0 fully saturated rings. The Bertz CT molecular complexity index is 1090. The van der Waals surface area contributed by atoms with E-state index in [0.717, 1.165) is 15.8 Å². The zero-order valence-corrected chi connectivity index (χ0v) is 16.4. The highest BCUT2D eigenvalue weighted by Crippen LogP contribution is 2.27. The van der Waals surface area contributed by atoms with Gasteiger partial charge in [-0.2, -0.15) is 0 Å². The van der Waals surface area contributed by atoms with Gasteiger partial charge in [0.15, 0.2) is 6.04 Å². The van der Waals surface area contributed by atoms with Crippen LogP contribution in [-0.4, -0.2) is 16.8 Å². The third-order valence-electron chi connectivity index (χ3n) is 4.44. The first-order chi connectivity index (χ1) is 14.2. The predicted octanol–water partition coefficient (Wildman–Crippen LogP) is 4.08. The van der Waals surface area contributed by atoms with Crippen LogP contribution in [-0.2, 0) is 11.3 Å². The number of amides is 2. The highest BCUT2D eigenvalue weighted by molar-refractivity contribution is 7.18. The van der Waals surface area contributed by atoms with Crippen molar-refractivity contribution in [3.63, 3.8) is 0 Å². The third-order valence-corrected chi connectivity index (χ3v) is 5.54. The fourth-order valence-corrected chi connectivity index (χ4v) is 3.96. The number of aromatic nitrogens is 1. The van der Waals surface area contributed by atoms with Crippen LogP contribution in [0, 0.1) is 0 Å². The van der Waals surface area contributed by atoms with Gasteiger partial charge in [0.25, 0.3) is 5.91 Å². The van der Waals surface area contributed by atoms with Crippen molar-refractivity contribution in [1.82, 2.24) is 15.6 Å². The van der Waals surface area contributed by atoms with Crippen molar-refractivity contribution in [2.75, 3.05) is 0 Å². The number of hydrogen-bond acceptors (Lipinski definition) is 4. The van der Waals surface area contributed by atoms with Crippen molar-refractivity contribution in [2.45, 2.75) is 12.6 Å². The summed E-state index contributed by atoms with van der Waals surface area (Å²) in [4.78, 5) is 30.3. The molecule has 29 heavy (non-hydrogen) atoms. The Morgan fingerprint density at radius 3 is 2.24 bits per heavy atom. The molecule has 1 aromatic heterocycles. The van der Waals surface area contributed by atoms with E-state index in [-0.39, 0.29) is 11.8 Å². The van der Waals surface area contributed by atoms with Crippen LogP contribution >= 0.6 is 11.3 Å². The molecule has 2 N–H and O–H groups in total. The molecule has 4 aromatic rings. The van der Waals surface area contributed by atoms with E-state index in [1.807, 2.05) is 60.7 Å². The molecule has 5 nitrogen and oxygen atoms in total. The second-order valence-corrected chi connectivity index (χ2v) is 7.56. The Balaban J connectivity index is 1.59. The largest absolute Gasteiger partial charge is 0.350 e. The van der Waals surface area contributed by atoms with Crippen LogP contribution < -0.4 is 10.6 Å². The summed E-state index contributed by atoms with van der Waals surface area (Å²) < 4.78 is 0.970. The normalized spacial score (nSPS) is 11.7. The lowest BCUT2D eigenvalue weighted by atomic mass is 10.2. The van der Waals surface area contributed by atoms with Gasteiger partial charge in [-0.1, -0.05) is 60.7 Å². The van der Waals surface area contributed by atoms with Crippen molar-refractivity contribution in [3.8, 4) is 0 Å². The first-order valence-electron chi connectivity index (χ1n) is 9.24. The summed E-state index contributed by atoms with van der Waals surface area (Å²) >= 11 is 1.41. The van der Waals surface area contributed by atoms with Crippen LogP contribution in [0.1, 0.15) is 27.0 Å². The Hall–Kier alpha value is -3.51. The first-order valence-corrected chi connectivity index (χ1v) is 10.1. The van der Waals surface area contributed by atoms with Crippen molar-refractivity contribution in [1.29, 1.82) is 0 Å². The molecule has 3 aromatic carbocycles. The maximum atomic E-state index is 13.0. The van der Waals surface area contributed by atoms with Crippen molar-refractivity contribution < 1.29 is 9.59 Å². The molecule has 0 radical (unpaired) electrons. The van der Waals surface area contributed by atoms with Gasteiger partial charge in [-0.3, -0.25) is 9.59 Å². The molecule has 0 saturated carbocycles. The van der Waals surface area contributed by atoms with Gasteiger partial charge in [-0.15, -0.1) is 11.3 Å². The molecule has 1 atom stereocenters. The molecule has 1 unspecified atom stereocenters. The van der Waals surface area contributed by atoms with E-state index in [1.54, 1.807) is 24.3 Å². The molecule has 0 bridgehead atoms. The molecule has 0 saturated heterocycles. The van der Waals surface area contributed by atoms with Gasteiger partial charge in [-0.05, 0) is 29.8 Å². The van der Waals surface area contributed by atoms with E-state index in [1.165, 1.54) is 11.3 Å². The van der Waals surface area contributed by atoms with Crippen molar-refractivity contribution >= 4 is 33.4 Å². The van der Waals surface area contributed by atoms with Gasteiger partial charge in [-0.25, -0.2) is 4.98 Å². The summed E-state index contributed by atoms with van der Waals surface area (Å²) in [5.41, 5.74) is 2.29. The summed E-state index contributed by atoms with van der Waals surface area (Å²) in [6, 6.07) is 25.3. The summed E-state index contributed by atoms with van der Waals surface area (Å²) in [5, 5.41) is 6.31. The second kappa shape index (κ2) is 8.67. The molecule has 1 heterocycles. The number of carbonyl (C=O) groups is 2. The predicted molar refractivity (Wildman–Crippen MR) is 115 cm³/mol. The summed E-state index contributed by atoms with van der Waals surface area (Å²) in [5.74, 6) is -0.609. The fourth-order valence-electron chi connectivity index (χ4n) is 2.94. The number of hydrogen-bond donors (Lipinski definition) is 2. The van der Waals surface area contributed by atoms with E-state index in [0.29, 0.717) is 17.1 Å². The van der Waals surface area contributed by atoms with Crippen molar-refractivity contribution in [2.24, 2.45) is 0 Å². The second-order valence-electron chi connectivity index (χ2n) is 6.50. The smallest absolute Gasteiger partial charge is 0.252 e. The number of rotatable bonds is 6. The third kappa shape index (κ3) is 4.50. The minimum Gasteiger partial charge on any atom is -0.350 e. The molecule has 0 aliphatic heterocycles. The highest BCUT2D eigenvalue weighted by Gasteiger charge is 2.26. The van der Waals surface area contributed by atoms with Crippen LogP contribution in [0.4, 0.5) is 0 Å². The van der Waals surface area contributed by atoms with Crippen molar-refractivity contribution in [3.05, 3.63) is 101 Å². The summed E-state index contributed by atoms with van der Waals surface area (Å²) in [6.07, 6.45) is 0. The lowest BCUT2D eigenvalue weighted by Crippen LogP contribution is -2.40. The highest BCUT2D eigenvalue weighted by atomic mass is 32.1. The Labute approximate surface area is 172 Å². The number of carbonyl (C=O) groups excluding carboxylic acids is 2. The molecule has 2 amide bonds. The average molecular weight is 401 g/mol. The van der Waals surface area contributed by atoms with E-state index in [9.17, 15) is 9.59 Å². The maximum Gasteiger partial charge on any atom is 0.252 e. The number of benzene rings is 3. The lowest BCUT2D eigenvalue weighted by Gasteiger charge is -2.16. The van der Waals surface area contributed by atoms with Gasteiger partial charge in [0, 0.05) is 12.1 Å². The zero-order valence-electron chi connectivity index (χ0n) is 15.5.